The van der Waals surface area contributed by atoms with Gasteiger partial charge in [0.25, 0.3) is 0 Å². The van der Waals surface area contributed by atoms with E-state index in [1.54, 1.807) is 4.90 Å². The lowest BCUT2D eigenvalue weighted by Gasteiger charge is -2.18. The Balaban J connectivity index is 0.00000192. The molecule has 0 bridgehead atoms. The van der Waals surface area contributed by atoms with Gasteiger partial charge in [0.15, 0.2) is 0 Å². The summed E-state index contributed by atoms with van der Waals surface area (Å²) in [4.78, 5) is 18.5. The zero-order chi connectivity index (χ0) is 15.7. The molecule has 0 aliphatic carbocycles. The quantitative estimate of drug-likeness (QED) is 0.718. The van der Waals surface area contributed by atoms with Gasteiger partial charge in [-0.2, -0.15) is 0 Å². The van der Waals surface area contributed by atoms with Crippen LogP contribution in [0.25, 0.3) is 10.9 Å². The molecule has 1 aromatic heterocycles. The molecule has 1 aliphatic rings. The molecular formula is C17H20BrClN2O2. The summed E-state index contributed by atoms with van der Waals surface area (Å²) in [6.45, 7) is 5.75. The van der Waals surface area contributed by atoms with E-state index in [4.69, 9.17) is 9.72 Å². The minimum Gasteiger partial charge on any atom is -0.450 e. The second-order valence-corrected chi connectivity index (χ2v) is 6.43. The van der Waals surface area contributed by atoms with Gasteiger partial charge < -0.3 is 9.64 Å². The predicted molar refractivity (Wildman–Crippen MR) is 97.4 cm³/mol. The maximum atomic E-state index is 11.9. The first-order valence-electron chi connectivity index (χ1n) is 7.59. The monoisotopic (exact) mass is 398 g/mol. The molecule has 23 heavy (non-hydrogen) atoms. The van der Waals surface area contributed by atoms with Gasteiger partial charge in [0, 0.05) is 35.1 Å². The number of aryl methyl sites for hydroxylation is 1. The number of aromatic nitrogens is 1. The van der Waals surface area contributed by atoms with E-state index in [1.165, 1.54) is 16.5 Å². The third-order valence-corrected chi connectivity index (χ3v) is 4.69. The van der Waals surface area contributed by atoms with E-state index in [0.29, 0.717) is 19.7 Å². The van der Waals surface area contributed by atoms with Crippen LogP contribution < -0.4 is 0 Å². The van der Waals surface area contributed by atoms with Gasteiger partial charge in [-0.1, -0.05) is 15.9 Å². The van der Waals surface area contributed by atoms with Gasteiger partial charge in [0.1, 0.15) is 0 Å². The Morgan fingerprint density at radius 1 is 1.35 bits per heavy atom. The third kappa shape index (κ3) is 3.61. The second-order valence-electron chi connectivity index (χ2n) is 5.51. The minimum absolute atomic E-state index is 0. The van der Waals surface area contributed by atoms with Crippen molar-refractivity contribution >= 4 is 45.3 Å². The molecule has 6 heteroatoms. The molecule has 1 amide bonds. The number of fused-ring (bicyclic) bond motifs is 2. The van der Waals surface area contributed by atoms with Crippen LogP contribution in [0.5, 0.6) is 0 Å². The molecule has 0 unspecified atom stereocenters. The van der Waals surface area contributed by atoms with Crippen LogP contribution in [-0.4, -0.2) is 35.7 Å². The molecule has 4 nitrogen and oxygen atoms in total. The smallest absolute Gasteiger partial charge is 0.409 e. The van der Waals surface area contributed by atoms with Crippen LogP contribution in [0, 0.1) is 6.92 Å². The van der Waals surface area contributed by atoms with Crippen molar-refractivity contribution in [3.05, 3.63) is 39.5 Å². The number of nitrogens with zero attached hydrogens (tertiary/aromatic N) is 2. The number of amides is 1. The molecule has 0 spiro atoms. The van der Waals surface area contributed by atoms with E-state index >= 15 is 0 Å². The van der Waals surface area contributed by atoms with Crippen molar-refractivity contribution in [2.75, 3.05) is 19.7 Å². The van der Waals surface area contributed by atoms with Crippen LogP contribution in [-0.2, 0) is 17.6 Å². The molecule has 1 aliphatic heterocycles. The maximum absolute atomic E-state index is 11.9. The maximum Gasteiger partial charge on any atom is 0.409 e. The molecule has 2 aromatic rings. The van der Waals surface area contributed by atoms with Crippen LogP contribution in [0.2, 0.25) is 0 Å². The lowest BCUT2D eigenvalue weighted by Crippen LogP contribution is -2.33. The zero-order valence-electron chi connectivity index (χ0n) is 13.3. The molecule has 1 aromatic carbocycles. The van der Waals surface area contributed by atoms with Gasteiger partial charge >= 0.3 is 6.09 Å². The van der Waals surface area contributed by atoms with E-state index in [1.807, 2.05) is 19.1 Å². The van der Waals surface area contributed by atoms with E-state index in [0.717, 1.165) is 28.5 Å². The molecular weight excluding hydrogens is 380 g/mol. The van der Waals surface area contributed by atoms with E-state index < -0.39 is 0 Å². The number of carbonyl (C=O) groups excluding carboxylic acids is 1. The van der Waals surface area contributed by atoms with Crippen LogP contribution >= 0.6 is 28.3 Å². The van der Waals surface area contributed by atoms with Gasteiger partial charge in [-0.25, -0.2) is 4.79 Å². The van der Waals surface area contributed by atoms with Crippen molar-refractivity contribution < 1.29 is 9.53 Å². The number of hydrogen-bond donors (Lipinski definition) is 0. The number of ether oxygens (including phenoxy) is 1. The molecule has 0 atom stereocenters. The molecule has 124 valence electrons. The van der Waals surface area contributed by atoms with Crippen molar-refractivity contribution in [1.82, 2.24) is 9.88 Å². The highest BCUT2D eigenvalue weighted by molar-refractivity contribution is 9.10. The van der Waals surface area contributed by atoms with Crippen LogP contribution in [0.1, 0.15) is 23.7 Å². The third-order valence-electron chi connectivity index (χ3n) is 4.20. The van der Waals surface area contributed by atoms with Crippen molar-refractivity contribution in [3.63, 3.8) is 0 Å². The molecule has 3 rings (SSSR count). The summed E-state index contributed by atoms with van der Waals surface area (Å²) in [5.41, 5.74) is 4.67. The fraction of sp³-hybridized carbons (Fsp3) is 0.412. The summed E-state index contributed by atoms with van der Waals surface area (Å²) in [6.07, 6.45) is 1.39. The minimum atomic E-state index is -0.222. The summed E-state index contributed by atoms with van der Waals surface area (Å²) in [6, 6.07) is 6.18. The Kier molecular flexibility index (Phi) is 5.87. The highest BCUT2D eigenvalue weighted by Gasteiger charge is 2.22. The highest BCUT2D eigenvalue weighted by Crippen LogP contribution is 2.28. The average Bonchev–Trinajstić information content (AvgIpc) is 2.71. The largest absolute Gasteiger partial charge is 0.450 e. The highest BCUT2D eigenvalue weighted by atomic mass is 79.9. The Morgan fingerprint density at radius 3 is 2.83 bits per heavy atom. The number of pyridine rings is 1. The van der Waals surface area contributed by atoms with Crippen molar-refractivity contribution in [2.24, 2.45) is 0 Å². The number of hydrogen-bond acceptors (Lipinski definition) is 3. The van der Waals surface area contributed by atoms with E-state index in [-0.39, 0.29) is 18.5 Å². The summed E-state index contributed by atoms with van der Waals surface area (Å²) < 4.78 is 6.18. The number of halogens is 2. The van der Waals surface area contributed by atoms with Crippen molar-refractivity contribution in [3.8, 4) is 0 Å². The summed E-state index contributed by atoms with van der Waals surface area (Å²) in [5, 5.41) is 1.18. The average molecular weight is 400 g/mol. The van der Waals surface area contributed by atoms with E-state index in [2.05, 4.69) is 28.9 Å². The van der Waals surface area contributed by atoms with Gasteiger partial charge in [-0.3, -0.25) is 4.98 Å². The predicted octanol–water partition coefficient (Wildman–Crippen LogP) is 4.28. The van der Waals surface area contributed by atoms with Crippen LogP contribution in [0.4, 0.5) is 4.79 Å². The number of benzene rings is 1. The van der Waals surface area contributed by atoms with E-state index in [9.17, 15) is 4.79 Å². The molecule has 0 saturated carbocycles. The molecule has 0 radical (unpaired) electrons. The zero-order valence-corrected chi connectivity index (χ0v) is 15.7. The Morgan fingerprint density at radius 2 is 2.09 bits per heavy atom. The first kappa shape index (κ1) is 18.0. The van der Waals surface area contributed by atoms with Crippen molar-refractivity contribution in [2.45, 2.75) is 26.7 Å². The summed E-state index contributed by atoms with van der Waals surface area (Å²) in [5.74, 6) is 0. The molecule has 0 N–H and O–H groups in total. The Hall–Kier alpha value is -1.33. The first-order valence-corrected chi connectivity index (χ1v) is 8.38. The number of rotatable bonds is 1. The summed E-state index contributed by atoms with van der Waals surface area (Å²) >= 11 is 3.53. The van der Waals surface area contributed by atoms with Gasteiger partial charge in [-0.15, -0.1) is 12.4 Å². The van der Waals surface area contributed by atoms with Crippen molar-refractivity contribution in [1.29, 1.82) is 0 Å². The topological polar surface area (TPSA) is 42.4 Å². The van der Waals surface area contributed by atoms with Crippen LogP contribution in [0.3, 0.4) is 0 Å². The molecule has 0 fully saturated rings. The SMILES string of the molecule is CCOC(=O)N1CCc2nc3ccc(Br)cc3c(C)c2CC1.Cl. The normalized spacial score (nSPS) is 14.0. The Labute approximate surface area is 150 Å². The fourth-order valence-corrected chi connectivity index (χ4v) is 3.39. The lowest BCUT2D eigenvalue weighted by atomic mass is 9.98. The van der Waals surface area contributed by atoms with Gasteiger partial charge in [-0.05, 0) is 49.6 Å². The summed E-state index contributed by atoms with van der Waals surface area (Å²) in [7, 11) is 0. The van der Waals surface area contributed by atoms with Gasteiger partial charge in [0.2, 0.25) is 0 Å². The Bertz CT molecular complexity index is 736. The lowest BCUT2D eigenvalue weighted by molar-refractivity contribution is 0.109. The second kappa shape index (κ2) is 7.49. The first-order chi connectivity index (χ1) is 10.6. The molecule has 0 saturated heterocycles. The number of carbonyl (C=O) groups is 1. The van der Waals surface area contributed by atoms with Gasteiger partial charge in [0.05, 0.1) is 12.1 Å². The van der Waals surface area contributed by atoms with Crippen LogP contribution in [0.15, 0.2) is 22.7 Å². The fourth-order valence-electron chi connectivity index (χ4n) is 3.03. The standard InChI is InChI=1S/C17H19BrN2O2.ClH/c1-3-22-17(21)20-8-6-13-11(2)14-10-12(18)4-5-15(14)19-16(13)7-9-20;/h4-5,10H,3,6-9H2,1-2H3;1H. The molecule has 2 heterocycles.